The molecule has 2 aliphatic rings. The number of hydrogen-bond acceptors (Lipinski definition) is 4. The molecule has 22 heavy (non-hydrogen) atoms. The van der Waals surface area contributed by atoms with Crippen molar-refractivity contribution in [1.29, 1.82) is 0 Å². The van der Waals surface area contributed by atoms with Gasteiger partial charge in [-0.15, -0.1) is 0 Å². The fourth-order valence-electron chi connectivity index (χ4n) is 3.23. The highest BCUT2D eigenvalue weighted by Crippen LogP contribution is 2.40. The molecule has 1 saturated heterocycles. The lowest BCUT2D eigenvalue weighted by Gasteiger charge is -2.22. The van der Waals surface area contributed by atoms with Crippen LogP contribution in [0.1, 0.15) is 20.3 Å². The van der Waals surface area contributed by atoms with Gasteiger partial charge in [0.05, 0.1) is 17.5 Å². The quantitative estimate of drug-likeness (QED) is 0.364. The van der Waals surface area contributed by atoms with E-state index in [1.807, 2.05) is 19.1 Å². The minimum atomic E-state index is -0.410. The van der Waals surface area contributed by atoms with Crippen LogP contribution in [0.4, 0.5) is 5.69 Å². The van der Waals surface area contributed by atoms with Gasteiger partial charge in [0.25, 0.3) is 0 Å². The zero-order valence-corrected chi connectivity index (χ0v) is 12.5. The first-order valence-electron chi connectivity index (χ1n) is 7.32. The van der Waals surface area contributed by atoms with Gasteiger partial charge in [-0.3, -0.25) is 19.3 Å². The molecule has 0 saturated carbocycles. The van der Waals surface area contributed by atoms with E-state index < -0.39 is 5.97 Å². The number of carbonyl (C=O) groups excluding carboxylic acids is 3. The molecular weight excluding hydrogens is 282 g/mol. The number of carbonyl (C=O) groups is 3. The molecule has 1 fully saturated rings. The summed E-state index contributed by atoms with van der Waals surface area (Å²) in [6.45, 7) is 3.28. The Labute approximate surface area is 128 Å². The number of nitrogens with zero attached hydrogens (tertiary/aromatic N) is 1. The fourth-order valence-corrected chi connectivity index (χ4v) is 3.23. The predicted octanol–water partition coefficient (Wildman–Crippen LogP) is 2.31. The summed E-state index contributed by atoms with van der Waals surface area (Å²) in [4.78, 5) is 37.3. The van der Waals surface area contributed by atoms with Crippen molar-refractivity contribution in [2.45, 2.75) is 20.3 Å². The first kappa shape index (κ1) is 14.5. The third-order valence-electron chi connectivity index (χ3n) is 4.23. The standard InChI is InChI=1S/C17H17NO4/c1-10-4-3-5-14-15(10)17(21)18(16(14)20)12-6-8-13(9-7-12)22-11(2)19/h3-4,6-10,14-15H,5H2,1-2H3/t10-,14-,15+/m0/s1. The lowest BCUT2D eigenvalue weighted by molar-refractivity contribution is -0.132. The molecule has 0 radical (unpaired) electrons. The number of benzene rings is 1. The van der Waals surface area contributed by atoms with Crippen LogP contribution in [-0.4, -0.2) is 17.8 Å². The van der Waals surface area contributed by atoms with Crippen LogP contribution in [0.2, 0.25) is 0 Å². The fraction of sp³-hybridized carbons (Fsp3) is 0.353. The van der Waals surface area contributed by atoms with E-state index >= 15 is 0 Å². The molecule has 3 atom stereocenters. The summed E-state index contributed by atoms with van der Waals surface area (Å²) in [5, 5.41) is 0. The highest BCUT2D eigenvalue weighted by Gasteiger charge is 2.50. The number of anilines is 1. The molecule has 5 nitrogen and oxygen atoms in total. The zero-order valence-electron chi connectivity index (χ0n) is 12.5. The van der Waals surface area contributed by atoms with Crippen LogP contribution in [0.5, 0.6) is 5.75 Å². The number of rotatable bonds is 2. The van der Waals surface area contributed by atoms with Gasteiger partial charge in [0.15, 0.2) is 0 Å². The van der Waals surface area contributed by atoms with E-state index in [0.29, 0.717) is 17.9 Å². The van der Waals surface area contributed by atoms with Crippen LogP contribution in [0.3, 0.4) is 0 Å². The van der Waals surface area contributed by atoms with Gasteiger partial charge in [0, 0.05) is 6.92 Å². The minimum Gasteiger partial charge on any atom is -0.427 e. The zero-order chi connectivity index (χ0) is 15.9. The van der Waals surface area contributed by atoms with Gasteiger partial charge in [0.1, 0.15) is 5.75 Å². The molecule has 1 aromatic carbocycles. The average Bonchev–Trinajstić information content (AvgIpc) is 2.73. The van der Waals surface area contributed by atoms with E-state index in [4.69, 9.17) is 4.74 Å². The highest BCUT2D eigenvalue weighted by molar-refractivity contribution is 6.22. The predicted molar refractivity (Wildman–Crippen MR) is 80.1 cm³/mol. The number of esters is 1. The van der Waals surface area contributed by atoms with Crippen LogP contribution in [0.15, 0.2) is 36.4 Å². The summed E-state index contributed by atoms with van der Waals surface area (Å²) in [6, 6.07) is 6.43. The Bertz CT molecular complexity index is 662. The lowest BCUT2D eigenvalue weighted by Crippen LogP contribution is -2.31. The number of hydrogen-bond donors (Lipinski definition) is 0. The van der Waals surface area contributed by atoms with Gasteiger partial charge in [-0.25, -0.2) is 0 Å². The second-order valence-corrected chi connectivity index (χ2v) is 5.75. The van der Waals surface area contributed by atoms with Crippen molar-refractivity contribution in [3.8, 4) is 5.75 Å². The molecule has 0 spiro atoms. The van der Waals surface area contributed by atoms with Gasteiger partial charge in [-0.1, -0.05) is 19.1 Å². The molecule has 3 rings (SSSR count). The van der Waals surface area contributed by atoms with Crippen LogP contribution >= 0.6 is 0 Å². The third kappa shape index (κ3) is 2.32. The van der Waals surface area contributed by atoms with E-state index in [1.54, 1.807) is 24.3 Å². The normalized spacial score (nSPS) is 27.0. The Balaban J connectivity index is 1.87. The second-order valence-electron chi connectivity index (χ2n) is 5.75. The van der Waals surface area contributed by atoms with Crippen molar-refractivity contribution >= 4 is 23.5 Å². The SMILES string of the molecule is CC(=O)Oc1ccc(N2C(=O)[C@H]3[C@H](CC=C[C@@H]3C)C2=O)cc1. The Kier molecular flexibility index (Phi) is 3.56. The van der Waals surface area contributed by atoms with Gasteiger partial charge >= 0.3 is 5.97 Å². The van der Waals surface area contributed by atoms with Crippen LogP contribution in [-0.2, 0) is 14.4 Å². The molecule has 1 aromatic rings. The molecule has 0 unspecified atom stereocenters. The van der Waals surface area contributed by atoms with Gasteiger partial charge in [-0.2, -0.15) is 0 Å². The molecule has 1 aliphatic carbocycles. The Morgan fingerprint density at radius 2 is 1.86 bits per heavy atom. The van der Waals surface area contributed by atoms with Crippen LogP contribution in [0, 0.1) is 17.8 Å². The largest absolute Gasteiger partial charge is 0.427 e. The van der Waals surface area contributed by atoms with E-state index in [1.165, 1.54) is 11.8 Å². The number of allylic oxidation sites excluding steroid dienone is 2. The van der Waals surface area contributed by atoms with E-state index in [0.717, 1.165) is 0 Å². The van der Waals surface area contributed by atoms with Crippen LogP contribution < -0.4 is 9.64 Å². The van der Waals surface area contributed by atoms with E-state index in [2.05, 4.69) is 0 Å². The van der Waals surface area contributed by atoms with Crippen molar-refractivity contribution in [3.63, 3.8) is 0 Å². The first-order valence-corrected chi connectivity index (χ1v) is 7.32. The van der Waals surface area contributed by atoms with E-state index in [9.17, 15) is 14.4 Å². The lowest BCUT2D eigenvalue weighted by atomic mass is 9.78. The van der Waals surface area contributed by atoms with Crippen LogP contribution in [0.25, 0.3) is 0 Å². The maximum absolute atomic E-state index is 12.6. The van der Waals surface area contributed by atoms with Gasteiger partial charge < -0.3 is 4.74 Å². The number of imide groups is 1. The van der Waals surface area contributed by atoms with Crippen molar-refractivity contribution in [2.75, 3.05) is 4.90 Å². The molecule has 5 heteroatoms. The summed E-state index contributed by atoms with van der Waals surface area (Å²) >= 11 is 0. The first-order chi connectivity index (χ1) is 10.5. The molecule has 2 amide bonds. The number of fused-ring (bicyclic) bond motifs is 1. The monoisotopic (exact) mass is 299 g/mol. The highest BCUT2D eigenvalue weighted by atomic mass is 16.5. The topological polar surface area (TPSA) is 63.7 Å². The Morgan fingerprint density at radius 3 is 2.45 bits per heavy atom. The van der Waals surface area contributed by atoms with Crippen molar-refractivity contribution in [2.24, 2.45) is 17.8 Å². The molecule has 0 bridgehead atoms. The second kappa shape index (κ2) is 5.40. The average molecular weight is 299 g/mol. The van der Waals surface area contributed by atoms with Crippen molar-refractivity contribution in [3.05, 3.63) is 36.4 Å². The Morgan fingerprint density at radius 1 is 1.18 bits per heavy atom. The van der Waals surface area contributed by atoms with E-state index in [-0.39, 0.29) is 29.6 Å². The summed E-state index contributed by atoms with van der Waals surface area (Å²) < 4.78 is 4.96. The van der Waals surface area contributed by atoms with Gasteiger partial charge in [0.2, 0.25) is 11.8 Å². The smallest absolute Gasteiger partial charge is 0.308 e. The molecule has 114 valence electrons. The maximum Gasteiger partial charge on any atom is 0.308 e. The number of ether oxygens (including phenoxy) is 1. The molecule has 0 aromatic heterocycles. The molecule has 1 aliphatic heterocycles. The summed E-state index contributed by atoms with van der Waals surface area (Å²) in [5.74, 6) is -0.778. The number of amides is 2. The molecule has 1 heterocycles. The molecule has 0 N–H and O–H groups in total. The summed E-state index contributed by atoms with van der Waals surface area (Å²) in [5.41, 5.74) is 0.521. The maximum atomic E-state index is 12.6. The Hall–Kier alpha value is -2.43. The summed E-state index contributed by atoms with van der Waals surface area (Å²) in [6.07, 6.45) is 4.59. The van der Waals surface area contributed by atoms with Gasteiger partial charge in [-0.05, 0) is 36.6 Å². The molecular formula is C17H17NO4. The summed E-state index contributed by atoms with van der Waals surface area (Å²) in [7, 11) is 0. The van der Waals surface area contributed by atoms with Crippen molar-refractivity contribution in [1.82, 2.24) is 0 Å². The van der Waals surface area contributed by atoms with Crippen molar-refractivity contribution < 1.29 is 19.1 Å². The minimum absolute atomic E-state index is 0.0699. The third-order valence-corrected chi connectivity index (χ3v) is 4.23.